The first-order chi connectivity index (χ1) is 17.5. The fourth-order valence-electron chi connectivity index (χ4n) is 3.76. The average molecular weight is 547 g/mol. The fraction of sp³-hybridized carbons (Fsp3) is 0.731. The zero-order valence-electron chi connectivity index (χ0n) is 22.5. The van der Waals surface area contributed by atoms with E-state index in [9.17, 15) is 18.3 Å². The van der Waals surface area contributed by atoms with Gasteiger partial charge in [0.25, 0.3) is 16.6 Å². The summed E-state index contributed by atoms with van der Waals surface area (Å²) >= 11 is 0. The van der Waals surface area contributed by atoms with E-state index >= 15 is 0 Å². The van der Waals surface area contributed by atoms with Crippen molar-refractivity contribution in [2.45, 2.75) is 95.8 Å². The molecule has 0 radical (unpaired) electrons. The molecule has 10 nitrogen and oxygen atoms in total. The molecule has 1 saturated heterocycles. The van der Waals surface area contributed by atoms with Gasteiger partial charge in [-0.3, -0.25) is 8.98 Å². The Kier molecular flexibility index (Phi) is 13.1. The molecule has 1 N–H and O–H groups in total. The molecule has 0 amide bonds. The molecule has 1 aromatic rings. The number of hydrogen-bond acceptors (Lipinski definition) is 10. The predicted molar refractivity (Wildman–Crippen MR) is 135 cm³/mol. The van der Waals surface area contributed by atoms with Gasteiger partial charge in [0.1, 0.15) is 0 Å². The highest BCUT2D eigenvalue weighted by molar-refractivity contribution is 7.86. The number of aryl methyl sites for hydroxylation is 1. The summed E-state index contributed by atoms with van der Waals surface area (Å²) in [4.78, 5) is 13.0. The molecular formula is C26H42O10S. The van der Waals surface area contributed by atoms with Crippen LogP contribution in [0.5, 0.6) is 0 Å². The molecule has 4 atom stereocenters. The Balaban J connectivity index is 1.85. The summed E-state index contributed by atoms with van der Waals surface area (Å²) in [5.74, 6) is -2.57. The summed E-state index contributed by atoms with van der Waals surface area (Å²) in [5.41, 5.74) is 0.946. The molecule has 4 unspecified atom stereocenters. The molecule has 0 spiro atoms. The monoisotopic (exact) mass is 546 g/mol. The lowest BCUT2D eigenvalue weighted by Crippen LogP contribution is -2.49. The summed E-state index contributed by atoms with van der Waals surface area (Å²) in [6, 6.07) is 6.39. The normalized spacial score (nSPS) is 24.0. The summed E-state index contributed by atoms with van der Waals surface area (Å²) in [7, 11) is -2.37. The van der Waals surface area contributed by atoms with Crippen molar-refractivity contribution in [3.8, 4) is 0 Å². The van der Waals surface area contributed by atoms with Crippen molar-refractivity contribution in [3.05, 3.63) is 29.8 Å². The van der Waals surface area contributed by atoms with Crippen molar-refractivity contribution in [2.75, 3.05) is 26.9 Å². The van der Waals surface area contributed by atoms with Crippen LogP contribution in [0.15, 0.2) is 29.2 Å². The SMILES string of the molecule is CCOC(OC)OCC1CCCC(O)(C(=O)CCCCOS(=O)(=O)c2ccc(C)cc2)OC(C(C)C)O1. The van der Waals surface area contributed by atoms with Crippen LogP contribution < -0.4 is 0 Å². The topological polar surface area (TPSA) is 127 Å². The number of ketones is 1. The zero-order valence-corrected chi connectivity index (χ0v) is 23.3. The zero-order chi connectivity index (χ0) is 27.5. The van der Waals surface area contributed by atoms with Gasteiger partial charge < -0.3 is 28.8 Å². The molecule has 11 heteroatoms. The minimum atomic E-state index is -3.86. The van der Waals surface area contributed by atoms with Gasteiger partial charge >= 0.3 is 0 Å². The number of ether oxygens (including phenoxy) is 5. The van der Waals surface area contributed by atoms with Gasteiger partial charge in [-0.05, 0) is 51.7 Å². The summed E-state index contributed by atoms with van der Waals surface area (Å²) in [6.07, 6.45) is 0.694. The maximum atomic E-state index is 12.9. The van der Waals surface area contributed by atoms with E-state index in [1.807, 2.05) is 27.7 Å². The number of carbonyl (C=O) groups is 1. The second-order valence-electron chi connectivity index (χ2n) is 9.45. The quantitative estimate of drug-likeness (QED) is 0.198. The molecule has 1 aliphatic rings. The molecule has 0 saturated carbocycles. The first-order valence-electron chi connectivity index (χ1n) is 12.8. The molecule has 1 heterocycles. The van der Waals surface area contributed by atoms with Crippen molar-refractivity contribution in [1.82, 2.24) is 0 Å². The van der Waals surface area contributed by atoms with Crippen LogP contribution in [0.4, 0.5) is 0 Å². The van der Waals surface area contributed by atoms with Crippen molar-refractivity contribution in [2.24, 2.45) is 5.92 Å². The van der Waals surface area contributed by atoms with Gasteiger partial charge in [-0.2, -0.15) is 8.42 Å². The maximum Gasteiger partial charge on any atom is 0.296 e. The van der Waals surface area contributed by atoms with Crippen LogP contribution in [0, 0.1) is 12.8 Å². The van der Waals surface area contributed by atoms with Crippen LogP contribution in [0.3, 0.4) is 0 Å². The number of aliphatic hydroxyl groups is 1. The molecule has 0 aliphatic carbocycles. The Morgan fingerprint density at radius 1 is 1.19 bits per heavy atom. The standard InChI is InChI=1S/C26H42O10S/c1-6-32-25(31-5)33-18-21-10-9-16-26(28,36-24(35-21)19(2)3)23(27)11-7-8-17-34-37(29,30)22-14-12-20(4)13-15-22/h12-15,19,21,24-25,28H,6-11,16-18H2,1-5H3. The third-order valence-electron chi connectivity index (χ3n) is 5.92. The Morgan fingerprint density at radius 2 is 1.89 bits per heavy atom. The van der Waals surface area contributed by atoms with Crippen LogP contribution in [-0.2, 0) is 42.8 Å². The van der Waals surface area contributed by atoms with Gasteiger partial charge in [0.2, 0.25) is 5.79 Å². The van der Waals surface area contributed by atoms with E-state index in [0.717, 1.165) is 5.56 Å². The van der Waals surface area contributed by atoms with Crippen LogP contribution >= 0.6 is 0 Å². The number of benzene rings is 1. The molecule has 1 aromatic carbocycles. The minimum absolute atomic E-state index is 0.0195. The van der Waals surface area contributed by atoms with E-state index < -0.39 is 34.5 Å². The Bertz CT molecular complexity index is 918. The second-order valence-corrected chi connectivity index (χ2v) is 11.1. The molecule has 0 bridgehead atoms. The van der Waals surface area contributed by atoms with Crippen molar-refractivity contribution >= 4 is 15.9 Å². The third-order valence-corrected chi connectivity index (χ3v) is 7.25. The lowest BCUT2D eigenvalue weighted by Gasteiger charge is -2.37. The fourth-order valence-corrected chi connectivity index (χ4v) is 4.70. The van der Waals surface area contributed by atoms with Crippen molar-refractivity contribution in [3.63, 3.8) is 0 Å². The van der Waals surface area contributed by atoms with E-state index in [1.165, 1.54) is 19.2 Å². The van der Waals surface area contributed by atoms with E-state index in [1.54, 1.807) is 12.1 Å². The van der Waals surface area contributed by atoms with E-state index in [2.05, 4.69) is 0 Å². The molecule has 1 aliphatic heterocycles. The van der Waals surface area contributed by atoms with E-state index in [0.29, 0.717) is 32.3 Å². The smallest absolute Gasteiger partial charge is 0.296 e. The lowest BCUT2D eigenvalue weighted by atomic mass is 9.97. The van der Waals surface area contributed by atoms with Crippen molar-refractivity contribution in [1.29, 1.82) is 0 Å². The van der Waals surface area contributed by atoms with Gasteiger partial charge in [-0.1, -0.05) is 31.5 Å². The minimum Gasteiger partial charge on any atom is -0.359 e. The Hall–Kier alpha value is -1.44. The number of rotatable bonds is 15. The molecular weight excluding hydrogens is 504 g/mol. The summed E-state index contributed by atoms with van der Waals surface area (Å²) < 4.78 is 57.6. The molecule has 37 heavy (non-hydrogen) atoms. The average Bonchev–Trinajstić information content (AvgIpc) is 2.84. The van der Waals surface area contributed by atoms with Crippen LogP contribution in [0.25, 0.3) is 0 Å². The van der Waals surface area contributed by atoms with Crippen molar-refractivity contribution < 1.29 is 46.2 Å². The first kappa shape index (κ1) is 31.8. The Labute approximate surface area is 220 Å². The number of carbonyl (C=O) groups excluding carboxylic acids is 1. The summed E-state index contributed by atoms with van der Waals surface area (Å²) in [5, 5.41) is 11.1. The molecule has 212 valence electrons. The van der Waals surface area contributed by atoms with Crippen LogP contribution in [0.1, 0.15) is 64.9 Å². The number of hydrogen-bond donors (Lipinski definition) is 1. The second kappa shape index (κ2) is 15.2. The number of methoxy groups -OCH3 is 1. The van der Waals surface area contributed by atoms with Gasteiger partial charge in [-0.15, -0.1) is 0 Å². The van der Waals surface area contributed by atoms with E-state index in [-0.39, 0.29) is 43.0 Å². The van der Waals surface area contributed by atoms with Crippen LogP contribution in [-0.4, -0.2) is 70.9 Å². The van der Waals surface area contributed by atoms with Crippen LogP contribution in [0.2, 0.25) is 0 Å². The van der Waals surface area contributed by atoms with E-state index in [4.69, 9.17) is 27.9 Å². The molecule has 1 fully saturated rings. The molecule has 2 rings (SSSR count). The predicted octanol–water partition coefficient (Wildman–Crippen LogP) is 3.68. The maximum absolute atomic E-state index is 12.9. The Morgan fingerprint density at radius 3 is 2.51 bits per heavy atom. The lowest BCUT2D eigenvalue weighted by molar-refractivity contribution is -0.325. The third kappa shape index (κ3) is 10.3. The van der Waals surface area contributed by atoms with Gasteiger partial charge in [0.15, 0.2) is 12.1 Å². The molecule has 0 aromatic heterocycles. The number of Topliss-reactive ketones (excluding diaryl/α,β-unsaturated/α-hetero) is 1. The largest absolute Gasteiger partial charge is 0.359 e. The highest BCUT2D eigenvalue weighted by Crippen LogP contribution is 2.30. The summed E-state index contributed by atoms with van der Waals surface area (Å²) in [6.45, 7) is 7.24. The van der Waals surface area contributed by atoms with Gasteiger partial charge in [0.05, 0.1) is 24.2 Å². The number of unbranched alkanes of at least 4 members (excludes halogenated alkanes) is 1. The highest BCUT2D eigenvalue weighted by Gasteiger charge is 2.41. The van der Waals surface area contributed by atoms with Gasteiger partial charge in [0, 0.05) is 32.5 Å². The highest BCUT2D eigenvalue weighted by atomic mass is 32.2. The van der Waals surface area contributed by atoms with Gasteiger partial charge in [-0.25, -0.2) is 0 Å². The first-order valence-corrected chi connectivity index (χ1v) is 14.2.